The molecule has 5 nitrogen and oxygen atoms in total. The van der Waals surface area contributed by atoms with E-state index in [1.807, 2.05) is 48.5 Å². The van der Waals surface area contributed by atoms with Crippen LogP contribution < -0.4 is 0 Å². The Morgan fingerprint density at radius 2 is 1.06 bits per heavy atom. The first-order chi connectivity index (χ1) is 23.8. The first kappa shape index (κ1) is 26.9. The summed E-state index contributed by atoms with van der Waals surface area (Å²) in [4.78, 5) is 20.2. The maximum Gasteiger partial charge on any atom is 0.164 e. The Bertz CT molecular complexity index is 2840. The van der Waals surface area contributed by atoms with Crippen molar-refractivity contribution in [2.75, 3.05) is 0 Å². The number of thiophene rings is 1. The van der Waals surface area contributed by atoms with Crippen LogP contribution in [0.1, 0.15) is 0 Å². The molecule has 10 aromatic rings. The molecule has 10 rings (SSSR count). The van der Waals surface area contributed by atoms with Gasteiger partial charge < -0.3 is 4.42 Å². The van der Waals surface area contributed by atoms with Gasteiger partial charge in [-0.25, -0.2) is 19.9 Å². The molecule has 6 heteroatoms. The summed E-state index contributed by atoms with van der Waals surface area (Å²) in [6.45, 7) is 0. The average Bonchev–Trinajstić information content (AvgIpc) is 3.73. The molecule has 0 fully saturated rings. The first-order valence-corrected chi connectivity index (χ1v) is 16.6. The van der Waals surface area contributed by atoms with Crippen LogP contribution in [0.2, 0.25) is 0 Å². The quantitative estimate of drug-likeness (QED) is 0.193. The number of fused-ring (bicyclic) bond motifs is 8. The molecule has 0 radical (unpaired) electrons. The van der Waals surface area contributed by atoms with Crippen molar-refractivity contribution in [2.45, 2.75) is 0 Å². The van der Waals surface area contributed by atoms with Crippen LogP contribution in [-0.2, 0) is 0 Å². The largest absolute Gasteiger partial charge is 0.454 e. The van der Waals surface area contributed by atoms with E-state index in [-0.39, 0.29) is 0 Å². The fraction of sp³-hybridized carbons (Fsp3) is 0. The Kier molecular flexibility index (Phi) is 5.98. The Labute approximate surface area is 278 Å². The van der Waals surface area contributed by atoms with E-state index in [0.717, 1.165) is 65.5 Å². The smallest absolute Gasteiger partial charge is 0.164 e. The number of rotatable bonds is 4. The third-order valence-electron chi connectivity index (χ3n) is 8.92. The summed E-state index contributed by atoms with van der Waals surface area (Å²) in [5.74, 6) is 1.90. The lowest BCUT2D eigenvalue weighted by molar-refractivity contribution is 0.672. The van der Waals surface area contributed by atoms with E-state index in [4.69, 9.17) is 24.4 Å². The molecule has 0 N–H and O–H groups in total. The van der Waals surface area contributed by atoms with Gasteiger partial charge in [-0.05, 0) is 35.0 Å². The highest BCUT2D eigenvalue weighted by Gasteiger charge is 2.21. The molecule has 0 spiro atoms. The summed E-state index contributed by atoms with van der Waals surface area (Å²) in [6, 6.07) is 49.8. The molecule has 0 bridgehead atoms. The molecule has 0 saturated carbocycles. The second kappa shape index (κ2) is 10.7. The maximum atomic E-state index is 6.44. The molecule has 0 aliphatic rings. The van der Waals surface area contributed by atoms with Gasteiger partial charge in [0.05, 0.1) is 10.4 Å². The standard InChI is InChI=1S/C42H24N4OS/c1-2-11-27(12-3-1)40-44-41(46-42(45-40)30-23-18-25-10-4-5-13-29(25)24-30)28-21-19-26(20-22-28)36-39-35(32-15-7-9-17-34(32)48-39)38-37(43-36)31-14-6-8-16-33(31)47-38/h1-24H. The first-order valence-electron chi connectivity index (χ1n) is 15.8. The van der Waals surface area contributed by atoms with Crippen molar-refractivity contribution in [3.05, 3.63) is 146 Å². The normalized spacial score (nSPS) is 11.8. The molecule has 6 aromatic carbocycles. The molecule has 0 amide bonds. The van der Waals surface area contributed by atoms with E-state index in [0.29, 0.717) is 17.5 Å². The summed E-state index contributed by atoms with van der Waals surface area (Å²) in [6.07, 6.45) is 0. The topological polar surface area (TPSA) is 64.7 Å². The third-order valence-corrected chi connectivity index (χ3v) is 10.1. The lowest BCUT2D eigenvalue weighted by Gasteiger charge is -2.10. The second-order valence-electron chi connectivity index (χ2n) is 11.9. The highest BCUT2D eigenvalue weighted by atomic mass is 32.1. The van der Waals surface area contributed by atoms with Gasteiger partial charge in [0.1, 0.15) is 11.1 Å². The van der Waals surface area contributed by atoms with Crippen LogP contribution in [-0.4, -0.2) is 19.9 Å². The number of hydrogen-bond donors (Lipinski definition) is 0. The highest BCUT2D eigenvalue weighted by molar-refractivity contribution is 7.26. The molecule has 48 heavy (non-hydrogen) atoms. The van der Waals surface area contributed by atoms with Crippen molar-refractivity contribution in [1.82, 2.24) is 19.9 Å². The van der Waals surface area contributed by atoms with Crippen molar-refractivity contribution < 1.29 is 4.42 Å². The van der Waals surface area contributed by atoms with Gasteiger partial charge in [-0.3, -0.25) is 0 Å². The average molecular weight is 633 g/mol. The lowest BCUT2D eigenvalue weighted by atomic mass is 10.0. The number of furan rings is 1. The van der Waals surface area contributed by atoms with Crippen molar-refractivity contribution in [3.8, 4) is 45.4 Å². The van der Waals surface area contributed by atoms with Gasteiger partial charge in [0.15, 0.2) is 23.1 Å². The molecule has 0 aliphatic heterocycles. The van der Waals surface area contributed by atoms with Gasteiger partial charge in [0.25, 0.3) is 0 Å². The van der Waals surface area contributed by atoms with E-state index < -0.39 is 0 Å². The second-order valence-corrected chi connectivity index (χ2v) is 12.9. The Morgan fingerprint density at radius 1 is 0.458 bits per heavy atom. The lowest BCUT2D eigenvalue weighted by Crippen LogP contribution is -2.00. The monoisotopic (exact) mass is 632 g/mol. The van der Waals surface area contributed by atoms with Crippen LogP contribution in [0.5, 0.6) is 0 Å². The van der Waals surface area contributed by atoms with Crippen molar-refractivity contribution in [2.24, 2.45) is 0 Å². The Hall–Kier alpha value is -6.24. The number of nitrogens with zero attached hydrogens (tertiary/aromatic N) is 4. The van der Waals surface area contributed by atoms with E-state index in [2.05, 4.69) is 97.1 Å². The molecule has 0 atom stereocenters. The fourth-order valence-corrected chi connectivity index (χ4v) is 7.78. The molecule has 224 valence electrons. The molecule has 4 heterocycles. The maximum absolute atomic E-state index is 6.44. The Morgan fingerprint density at radius 3 is 1.88 bits per heavy atom. The summed E-state index contributed by atoms with van der Waals surface area (Å²) in [5, 5.41) is 5.63. The molecule has 0 unspecified atom stereocenters. The van der Waals surface area contributed by atoms with E-state index in [9.17, 15) is 0 Å². The summed E-state index contributed by atoms with van der Waals surface area (Å²) >= 11 is 1.75. The number of hydrogen-bond acceptors (Lipinski definition) is 6. The predicted molar refractivity (Wildman–Crippen MR) is 197 cm³/mol. The van der Waals surface area contributed by atoms with Crippen molar-refractivity contribution in [1.29, 1.82) is 0 Å². The van der Waals surface area contributed by atoms with Gasteiger partial charge in [-0.15, -0.1) is 11.3 Å². The zero-order valence-electron chi connectivity index (χ0n) is 25.5. The minimum atomic E-state index is 0.620. The van der Waals surface area contributed by atoms with E-state index >= 15 is 0 Å². The van der Waals surface area contributed by atoms with Crippen LogP contribution in [0.4, 0.5) is 0 Å². The van der Waals surface area contributed by atoms with Crippen molar-refractivity contribution in [3.63, 3.8) is 0 Å². The van der Waals surface area contributed by atoms with Gasteiger partial charge in [0, 0.05) is 43.1 Å². The fourth-order valence-electron chi connectivity index (χ4n) is 6.56. The van der Waals surface area contributed by atoms with E-state index in [1.165, 1.54) is 15.5 Å². The van der Waals surface area contributed by atoms with Crippen LogP contribution in [0, 0.1) is 0 Å². The molecule has 4 aromatic heterocycles. The van der Waals surface area contributed by atoms with Crippen LogP contribution in [0.25, 0.3) is 98.4 Å². The molecule has 0 aliphatic carbocycles. The summed E-state index contributed by atoms with van der Waals surface area (Å²) in [5.41, 5.74) is 7.32. The number of aromatic nitrogens is 4. The molecule has 0 saturated heterocycles. The van der Waals surface area contributed by atoms with Crippen LogP contribution in [0.15, 0.2) is 150 Å². The van der Waals surface area contributed by atoms with Gasteiger partial charge in [-0.1, -0.05) is 121 Å². The van der Waals surface area contributed by atoms with E-state index in [1.54, 1.807) is 11.3 Å². The zero-order chi connectivity index (χ0) is 31.6. The molecular formula is C42H24N4OS. The number of pyridine rings is 1. The van der Waals surface area contributed by atoms with Gasteiger partial charge >= 0.3 is 0 Å². The van der Waals surface area contributed by atoms with Gasteiger partial charge in [-0.2, -0.15) is 0 Å². The Balaban J connectivity index is 1.14. The SMILES string of the molecule is c1ccc(-c2nc(-c3ccc(-c4nc5c6ccccc6oc5c5c4sc4ccccc45)cc3)nc(-c3ccc4ccccc4c3)n2)cc1. The summed E-state index contributed by atoms with van der Waals surface area (Å²) in [7, 11) is 0. The highest BCUT2D eigenvalue weighted by Crippen LogP contribution is 2.45. The number of para-hydroxylation sites is 1. The summed E-state index contributed by atoms with van der Waals surface area (Å²) < 4.78 is 8.76. The minimum Gasteiger partial charge on any atom is -0.454 e. The van der Waals surface area contributed by atoms with Crippen LogP contribution in [0.3, 0.4) is 0 Å². The third kappa shape index (κ3) is 4.31. The minimum absolute atomic E-state index is 0.620. The zero-order valence-corrected chi connectivity index (χ0v) is 26.3. The predicted octanol–water partition coefficient (Wildman–Crippen LogP) is 11.4. The number of benzene rings is 6. The van der Waals surface area contributed by atoms with Crippen LogP contribution >= 0.6 is 11.3 Å². The molecular weight excluding hydrogens is 609 g/mol. The van der Waals surface area contributed by atoms with Crippen molar-refractivity contribution >= 4 is 64.4 Å². The van der Waals surface area contributed by atoms with Gasteiger partial charge in [0.2, 0.25) is 0 Å².